The van der Waals surface area contributed by atoms with E-state index in [0.717, 1.165) is 0 Å². The van der Waals surface area contributed by atoms with E-state index in [-0.39, 0.29) is 12.5 Å². The van der Waals surface area contributed by atoms with Crippen molar-refractivity contribution in [1.82, 2.24) is 5.32 Å². The van der Waals surface area contributed by atoms with Gasteiger partial charge in [0.1, 0.15) is 17.7 Å². The fourth-order valence-electron chi connectivity index (χ4n) is 1.97. The molecule has 5 nitrogen and oxygen atoms in total. The summed E-state index contributed by atoms with van der Waals surface area (Å²) in [5.74, 6) is -0.380. The predicted octanol–water partition coefficient (Wildman–Crippen LogP) is 0.0851. The van der Waals surface area contributed by atoms with Crippen molar-refractivity contribution in [1.29, 1.82) is 0 Å². The highest BCUT2D eigenvalue weighted by molar-refractivity contribution is 5.78. The first-order chi connectivity index (χ1) is 8.61. The van der Waals surface area contributed by atoms with E-state index in [2.05, 4.69) is 5.32 Å². The van der Waals surface area contributed by atoms with Crippen LogP contribution in [-0.2, 0) is 4.79 Å². The number of fused-ring (bicyclic) bond motifs is 1. The van der Waals surface area contributed by atoms with Gasteiger partial charge in [-0.15, -0.1) is 0 Å². The topological polar surface area (TPSA) is 84.6 Å². The van der Waals surface area contributed by atoms with Gasteiger partial charge in [-0.1, -0.05) is 0 Å². The maximum Gasteiger partial charge on any atom is 0.234 e. The van der Waals surface area contributed by atoms with E-state index in [0.29, 0.717) is 24.3 Å². The molecule has 1 amide bonds. The minimum atomic E-state index is -1.01. The number of ether oxygens (including phenoxy) is 1. The molecule has 0 saturated carbocycles. The van der Waals surface area contributed by atoms with Gasteiger partial charge in [-0.2, -0.15) is 0 Å². The average molecular weight is 254 g/mol. The third kappa shape index (κ3) is 2.60. The molecule has 0 spiro atoms. The molecule has 18 heavy (non-hydrogen) atoms. The highest BCUT2D eigenvalue weighted by Gasteiger charge is 2.28. The number of carbonyl (C=O) groups is 1. The molecule has 0 saturated heterocycles. The molecule has 0 fully saturated rings. The number of nitrogens with one attached hydrogen (secondary N) is 1. The van der Waals surface area contributed by atoms with Crippen molar-refractivity contribution in [3.63, 3.8) is 0 Å². The number of hydrogen-bond donors (Lipinski definition) is 3. The standard InChI is InChI=1S/C12H15FN2O3/c13-7-1-2-10-8(5-7)12(17)9(3-4-18-10)15-11(16)6-14/h1-2,5,9,12,17H,3-4,6,14H2,(H,15,16). The van der Waals surface area contributed by atoms with Crippen LogP contribution in [0, 0.1) is 5.82 Å². The highest BCUT2D eigenvalue weighted by Crippen LogP contribution is 2.32. The normalized spacial score (nSPS) is 22.6. The number of nitrogens with two attached hydrogens (primary N) is 1. The molecular formula is C12H15FN2O3. The molecular weight excluding hydrogens is 239 g/mol. The number of benzene rings is 1. The second-order valence-corrected chi connectivity index (χ2v) is 4.14. The zero-order valence-electron chi connectivity index (χ0n) is 9.73. The minimum absolute atomic E-state index is 0.153. The molecule has 1 aromatic rings. The third-order valence-electron chi connectivity index (χ3n) is 2.89. The molecule has 1 heterocycles. The van der Waals surface area contributed by atoms with Crippen LogP contribution in [0.1, 0.15) is 18.1 Å². The van der Waals surface area contributed by atoms with E-state index >= 15 is 0 Å². The zero-order valence-corrected chi connectivity index (χ0v) is 9.73. The second kappa shape index (κ2) is 5.32. The number of hydrogen-bond acceptors (Lipinski definition) is 4. The van der Waals surface area contributed by atoms with E-state index in [1.54, 1.807) is 0 Å². The molecule has 1 aliphatic heterocycles. The maximum absolute atomic E-state index is 13.2. The van der Waals surface area contributed by atoms with Crippen LogP contribution in [0.5, 0.6) is 5.75 Å². The van der Waals surface area contributed by atoms with Gasteiger partial charge in [-0.05, 0) is 18.2 Å². The highest BCUT2D eigenvalue weighted by atomic mass is 19.1. The van der Waals surface area contributed by atoms with E-state index in [1.165, 1.54) is 18.2 Å². The van der Waals surface area contributed by atoms with Crippen molar-refractivity contribution < 1.29 is 19.0 Å². The first-order valence-electron chi connectivity index (χ1n) is 5.71. The predicted molar refractivity (Wildman–Crippen MR) is 62.5 cm³/mol. The molecule has 6 heteroatoms. The van der Waals surface area contributed by atoms with Crippen molar-refractivity contribution in [3.8, 4) is 5.75 Å². The average Bonchev–Trinajstić information content (AvgIpc) is 2.51. The summed E-state index contributed by atoms with van der Waals surface area (Å²) < 4.78 is 18.6. The zero-order chi connectivity index (χ0) is 13.1. The molecule has 1 aromatic carbocycles. The lowest BCUT2D eigenvalue weighted by molar-refractivity contribution is -0.121. The molecule has 0 radical (unpaired) electrons. The van der Waals surface area contributed by atoms with Gasteiger partial charge in [-0.3, -0.25) is 4.79 Å². The van der Waals surface area contributed by atoms with E-state index in [4.69, 9.17) is 10.5 Å². The second-order valence-electron chi connectivity index (χ2n) is 4.14. The Morgan fingerprint density at radius 1 is 1.61 bits per heavy atom. The summed E-state index contributed by atoms with van der Waals surface area (Å²) in [6.45, 7) is 0.186. The lowest BCUT2D eigenvalue weighted by Gasteiger charge is -2.21. The van der Waals surface area contributed by atoms with Gasteiger partial charge in [0.25, 0.3) is 0 Å². The summed E-state index contributed by atoms with van der Waals surface area (Å²) >= 11 is 0. The quantitative estimate of drug-likeness (QED) is 0.698. The first kappa shape index (κ1) is 12.8. The minimum Gasteiger partial charge on any atom is -0.493 e. The Bertz CT molecular complexity index is 453. The van der Waals surface area contributed by atoms with Crippen molar-refractivity contribution in [2.45, 2.75) is 18.6 Å². The van der Waals surface area contributed by atoms with Gasteiger partial charge >= 0.3 is 0 Å². The van der Waals surface area contributed by atoms with Gasteiger partial charge < -0.3 is 20.9 Å². The fourth-order valence-corrected chi connectivity index (χ4v) is 1.97. The molecule has 4 N–H and O–H groups in total. The Kier molecular flexibility index (Phi) is 3.78. The number of rotatable bonds is 2. The molecule has 0 aliphatic carbocycles. The number of aliphatic hydroxyl groups is 1. The molecule has 2 unspecified atom stereocenters. The van der Waals surface area contributed by atoms with E-state index in [1.807, 2.05) is 0 Å². The van der Waals surface area contributed by atoms with Crippen LogP contribution in [0.3, 0.4) is 0 Å². The van der Waals surface area contributed by atoms with Gasteiger partial charge in [0.2, 0.25) is 5.91 Å². The summed E-state index contributed by atoms with van der Waals surface area (Å²) in [7, 11) is 0. The molecule has 98 valence electrons. The maximum atomic E-state index is 13.2. The molecule has 2 rings (SSSR count). The van der Waals surface area contributed by atoms with Crippen LogP contribution in [0.4, 0.5) is 4.39 Å². The van der Waals surface area contributed by atoms with Crippen molar-refractivity contribution in [2.24, 2.45) is 5.73 Å². The van der Waals surface area contributed by atoms with Gasteiger partial charge in [-0.25, -0.2) is 4.39 Å². The number of carbonyl (C=O) groups excluding carboxylic acids is 1. The fraction of sp³-hybridized carbons (Fsp3) is 0.417. The third-order valence-corrected chi connectivity index (χ3v) is 2.89. The van der Waals surface area contributed by atoms with Crippen LogP contribution in [0.2, 0.25) is 0 Å². The Hall–Kier alpha value is -1.66. The summed E-state index contributed by atoms with van der Waals surface area (Å²) in [5.41, 5.74) is 5.55. The van der Waals surface area contributed by atoms with Gasteiger partial charge in [0, 0.05) is 12.0 Å². The Labute approximate surface area is 104 Å². The number of aliphatic hydroxyl groups excluding tert-OH is 1. The van der Waals surface area contributed by atoms with Crippen LogP contribution in [-0.4, -0.2) is 30.2 Å². The number of halogens is 1. The molecule has 0 aromatic heterocycles. The Morgan fingerprint density at radius 3 is 3.11 bits per heavy atom. The molecule has 2 atom stereocenters. The molecule has 1 aliphatic rings. The summed E-state index contributed by atoms with van der Waals surface area (Å²) in [4.78, 5) is 11.3. The lowest BCUT2D eigenvalue weighted by atomic mass is 10.00. The van der Waals surface area contributed by atoms with Crippen molar-refractivity contribution in [2.75, 3.05) is 13.2 Å². The van der Waals surface area contributed by atoms with Crippen molar-refractivity contribution in [3.05, 3.63) is 29.6 Å². The van der Waals surface area contributed by atoms with Crippen LogP contribution < -0.4 is 15.8 Å². The Morgan fingerprint density at radius 2 is 2.39 bits per heavy atom. The van der Waals surface area contributed by atoms with Gasteiger partial charge in [0.05, 0.1) is 19.2 Å². The summed E-state index contributed by atoms with van der Waals surface area (Å²) in [6, 6.07) is 3.43. The largest absolute Gasteiger partial charge is 0.493 e. The van der Waals surface area contributed by atoms with Crippen LogP contribution in [0.25, 0.3) is 0 Å². The number of amides is 1. The summed E-state index contributed by atoms with van der Waals surface area (Å²) in [5, 5.41) is 12.8. The smallest absolute Gasteiger partial charge is 0.234 e. The van der Waals surface area contributed by atoms with Crippen LogP contribution in [0.15, 0.2) is 18.2 Å². The SMILES string of the molecule is NCC(=O)NC1CCOc2ccc(F)cc2C1O. The van der Waals surface area contributed by atoms with E-state index < -0.39 is 18.0 Å². The van der Waals surface area contributed by atoms with Crippen molar-refractivity contribution >= 4 is 5.91 Å². The van der Waals surface area contributed by atoms with Gasteiger partial charge in [0.15, 0.2) is 0 Å². The monoisotopic (exact) mass is 254 g/mol. The Balaban J connectivity index is 2.25. The lowest BCUT2D eigenvalue weighted by Crippen LogP contribution is -2.42. The van der Waals surface area contributed by atoms with Crippen LogP contribution >= 0.6 is 0 Å². The van der Waals surface area contributed by atoms with E-state index in [9.17, 15) is 14.3 Å². The first-order valence-corrected chi connectivity index (χ1v) is 5.71. The molecule has 0 bridgehead atoms. The summed E-state index contributed by atoms with van der Waals surface area (Å²) in [6.07, 6.45) is -0.572.